The highest BCUT2D eigenvalue weighted by atomic mass is 19.4. The Morgan fingerprint density at radius 2 is 2.00 bits per heavy atom. The van der Waals surface area contributed by atoms with Crippen molar-refractivity contribution in [1.82, 2.24) is 0 Å². The summed E-state index contributed by atoms with van der Waals surface area (Å²) in [6.07, 6.45) is -4.00. The molecule has 1 aliphatic rings. The summed E-state index contributed by atoms with van der Waals surface area (Å²) < 4.78 is 37.0. The van der Waals surface area contributed by atoms with Crippen LogP contribution in [-0.4, -0.2) is 18.5 Å². The molecule has 0 saturated heterocycles. The van der Waals surface area contributed by atoms with Gasteiger partial charge >= 0.3 is 6.18 Å². The van der Waals surface area contributed by atoms with Crippen molar-refractivity contribution in [2.45, 2.75) is 19.0 Å². The molecule has 92 valence electrons. The Bertz CT molecular complexity index is 401. The molecule has 0 fully saturated rings. The number of nitrogens with one attached hydrogen (secondary N) is 1. The molecule has 1 heterocycles. The van der Waals surface area contributed by atoms with Gasteiger partial charge in [0.25, 0.3) is 0 Å². The topological polar surface area (TPSA) is 29.1 Å². The third kappa shape index (κ3) is 2.60. The van der Waals surface area contributed by atoms with Crippen LogP contribution >= 0.6 is 0 Å². The van der Waals surface area contributed by atoms with E-state index >= 15 is 0 Å². The molecular formula is C12H12F3NO. The molecule has 17 heavy (non-hydrogen) atoms. The predicted octanol–water partition coefficient (Wildman–Crippen LogP) is 2.79. The number of ketones is 1. The van der Waals surface area contributed by atoms with Crippen LogP contribution in [0.3, 0.4) is 0 Å². The Labute approximate surface area is 96.8 Å². The number of fused-ring (bicyclic) bond motifs is 1. The fourth-order valence-corrected chi connectivity index (χ4v) is 2.03. The van der Waals surface area contributed by atoms with Gasteiger partial charge in [0.2, 0.25) is 5.78 Å². The van der Waals surface area contributed by atoms with Gasteiger partial charge in [-0.25, -0.2) is 0 Å². The van der Waals surface area contributed by atoms with E-state index in [0.717, 1.165) is 11.3 Å². The van der Waals surface area contributed by atoms with Crippen molar-refractivity contribution in [2.24, 2.45) is 5.92 Å². The highest BCUT2D eigenvalue weighted by Gasteiger charge is 2.43. The lowest BCUT2D eigenvalue weighted by molar-refractivity contribution is -0.175. The molecule has 0 bridgehead atoms. The SMILES string of the molecule is O=C(C1CCc2ccccc2NC1)C(F)(F)F. The molecule has 1 unspecified atom stereocenters. The number of para-hydroxylation sites is 1. The molecule has 0 radical (unpaired) electrons. The molecule has 2 rings (SSSR count). The van der Waals surface area contributed by atoms with E-state index in [1.807, 2.05) is 24.3 Å². The number of alkyl halides is 3. The Morgan fingerprint density at radius 1 is 1.29 bits per heavy atom. The van der Waals surface area contributed by atoms with Gasteiger partial charge in [-0.1, -0.05) is 18.2 Å². The van der Waals surface area contributed by atoms with Crippen LogP contribution in [0.25, 0.3) is 0 Å². The van der Waals surface area contributed by atoms with E-state index in [1.54, 1.807) is 0 Å². The van der Waals surface area contributed by atoms with E-state index in [2.05, 4.69) is 5.32 Å². The predicted molar refractivity (Wildman–Crippen MR) is 57.8 cm³/mol. The van der Waals surface area contributed by atoms with E-state index in [4.69, 9.17) is 0 Å². The van der Waals surface area contributed by atoms with Crippen LogP contribution in [0.4, 0.5) is 18.9 Å². The van der Waals surface area contributed by atoms with Crippen molar-refractivity contribution < 1.29 is 18.0 Å². The second-order valence-electron chi connectivity index (χ2n) is 4.14. The lowest BCUT2D eigenvalue weighted by Gasteiger charge is -2.15. The lowest BCUT2D eigenvalue weighted by Crippen LogP contribution is -2.34. The Balaban J connectivity index is 2.12. The van der Waals surface area contributed by atoms with Crippen molar-refractivity contribution >= 4 is 11.5 Å². The van der Waals surface area contributed by atoms with Crippen LogP contribution in [-0.2, 0) is 11.2 Å². The molecule has 2 nitrogen and oxygen atoms in total. The number of carbonyl (C=O) groups excluding carboxylic acids is 1. The molecule has 1 atom stereocenters. The summed E-state index contributed by atoms with van der Waals surface area (Å²) in [4.78, 5) is 11.2. The zero-order valence-corrected chi connectivity index (χ0v) is 9.05. The quantitative estimate of drug-likeness (QED) is 0.821. The highest BCUT2D eigenvalue weighted by Crippen LogP contribution is 2.28. The van der Waals surface area contributed by atoms with Crippen molar-refractivity contribution in [3.63, 3.8) is 0 Å². The van der Waals surface area contributed by atoms with Crippen molar-refractivity contribution in [2.75, 3.05) is 11.9 Å². The molecule has 0 aliphatic carbocycles. The zero-order valence-electron chi connectivity index (χ0n) is 9.05. The minimum Gasteiger partial charge on any atom is -0.384 e. The summed E-state index contributed by atoms with van der Waals surface area (Å²) >= 11 is 0. The van der Waals surface area contributed by atoms with E-state index in [1.165, 1.54) is 0 Å². The maximum Gasteiger partial charge on any atom is 0.450 e. The minimum atomic E-state index is -4.73. The van der Waals surface area contributed by atoms with Gasteiger partial charge < -0.3 is 5.32 Å². The van der Waals surface area contributed by atoms with Gasteiger partial charge in [-0.2, -0.15) is 13.2 Å². The first kappa shape index (κ1) is 12.0. The van der Waals surface area contributed by atoms with Crippen molar-refractivity contribution in [3.05, 3.63) is 29.8 Å². The third-order valence-corrected chi connectivity index (χ3v) is 2.97. The maximum atomic E-state index is 12.3. The lowest BCUT2D eigenvalue weighted by atomic mass is 9.97. The summed E-state index contributed by atoms with van der Waals surface area (Å²) in [7, 11) is 0. The third-order valence-electron chi connectivity index (χ3n) is 2.97. The summed E-state index contributed by atoms with van der Waals surface area (Å²) in [5.41, 5.74) is 1.79. The first-order valence-corrected chi connectivity index (χ1v) is 5.41. The van der Waals surface area contributed by atoms with Gasteiger partial charge in [-0.15, -0.1) is 0 Å². The summed E-state index contributed by atoms with van der Waals surface area (Å²) in [5, 5.41) is 2.91. The number of hydrogen-bond donors (Lipinski definition) is 1. The van der Waals surface area contributed by atoms with Crippen LogP contribution in [0.2, 0.25) is 0 Å². The molecule has 0 aromatic heterocycles. The van der Waals surface area contributed by atoms with E-state index in [-0.39, 0.29) is 13.0 Å². The second kappa shape index (κ2) is 4.39. The summed E-state index contributed by atoms with van der Waals surface area (Å²) in [6.45, 7) is 0.0509. The molecule has 5 heteroatoms. The first-order valence-electron chi connectivity index (χ1n) is 5.41. The second-order valence-corrected chi connectivity index (χ2v) is 4.14. The van der Waals surface area contributed by atoms with Gasteiger partial charge in [0.1, 0.15) is 0 Å². The van der Waals surface area contributed by atoms with E-state index < -0.39 is 17.9 Å². The van der Waals surface area contributed by atoms with Crippen molar-refractivity contribution in [1.29, 1.82) is 0 Å². The Kier molecular flexibility index (Phi) is 3.09. The molecule has 0 amide bonds. The Morgan fingerprint density at radius 3 is 2.71 bits per heavy atom. The zero-order chi connectivity index (χ0) is 12.5. The van der Waals surface area contributed by atoms with Gasteiger partial charge in [-0.3, -0.25) is 4.79 Å². The number of carbonyl (C=O) groups is 1. The number of halogens is 3. The summed E-state index contributed by atoms with van der Waals surface area (Å²) in [5.74, 6) is -2.61. The highest BCUT2D eigenvalue weighted by molar-refractivity contribution is 5.87. The molecule has 1 N–H and O–H groups in total. The van der Waals surface area contributed by atoms with Crippen LogP contribution < -0.4 is 5.32 Å². The number of anilines is 1. The van der Waals surface area contributed by atoms with Crippen LogP contribution in [0, 0.1) is 5.92 Å². The van der Waals surface area contributed by atoms with Crippen LogP contribution in [0.15, 0.2) is 24.3 Å². The fraction of sp³-hybridized carbons (Fsp3) is 0.417. The standard InChI is InChI=1S/C12H12F3NO/c13-12(14,15)11(17)9-6-5-8-3-1-2-4-10(8)16-7-9/h1-4,9,16H,5-7H2. The first-order chi connectivity index (χ1) is 7.98. The molecule has 1 aromatic carbocycles. The number of rotatable bonds is 1. The van der Waals surface area contributed by atoms with Gasteiger partial charge in [0.15, 0.2) is 0 Å². The number of benzene rings is 1. The van der Waals surface area contributed by atoms with Gasteiger partial charge in [0.05, 0.1) is 0 Å². The van der Waals surface area contributed by atoms with Crippen molar-refractivity contribution in [3.8, 4) is 0 Å². The van der Waals surface area contributed by atoms with Crippen LogP contribution in [0.1, 0.15) is 12.0 Å². The average Bonchev–Trinajstić information content (AvgIpc) is 2.49. The van der Waals surface area contributed by atoms with E-state index in [0.29, 0.717) is 6.42 Å². The fourth-order valence-electron chi connectivity index (χ4n) is 2.03. The molecule has 1 aromatic rings. The molecular weight excluding hydrogens is 231 g/mol. The number of aryl methyl sites for hydroxylation is 1. The molecule has 1 aliphatic heterocycles. The van der Waals surface area contributed by atoms with Gasteiger partial charge in [0, 0.05) is 18.2 Å². The Hall–Kier alpha value is -1.52. The smallest absolute Gasteiger partial charge is 0.384 e. The number of Topliss-reactive ketones (excluding diaryl/α,β-unsaturated/α-hetero) is 1. The summed E-state index contributed by atoms with van der Waals surface area (Å²) in [6, 6.07) is 7.34. The normalized spacial score (nSPS) is 20.1. The van der Waals surface area contributed by atoms with Gasteiger partial charge in [-0.05, 0) is 24.5 Å². The molecule has 0 saturated carbocycles. The number of hydrogen-bond acceptors (Lipinski definition) is 2. The minimum absolute atomic E-state index is 0.0509. The van der Waals surface area contributed by atoms with Crippen LogP contribution in [0.5, 0.6) is 0 Å². The molecule has 0 spiro atoms. The monoisotopic (exact) mass is 243 g/mol. The maximum absolute atomic E-state index is 12.3. The largest absolute Gasteiger partial charge is 0.450 e. The average molecular weight is 243 g/mol. The van der Waals surface area contributed by atoms with E-state index in [9.17, 15) is 18.0 Å².